The zero-order valence-corrected chi connectivity index (χ0v) is 11.9. The lowest BCUT2D eigenvalue weighted by Gasteiger charge is -2.29. The Kier molecular flexibility index (Phi) is 6.79. The van der Waals surface area contributed by atoms with Crippen molar-refractivity contribution in [3.8, 4) is 0 Å². The van der Waals surface area contributed by atoms with Crippen molar-refractivity contribution >= 4 is 5.91 Å². The lowest BCUT2D eigenvalue weighted by molar-refractivity contribution is -0.135. The Labute approximate surface area is 118 Å². The van der Waals surface area contributed by atoms with E-state index in [0.29, 0.717) is 19.5 Å². The molecule has 0 atom stereocenters. The topological polar surface area (TPSA) is 55.1 Å². The number of alkyl halides is 3. The number of carbonyl (C=O) groups is 1. The Morgan fingerprint density at radius 1 is 1.10 bits per heavy atom. The number of unbranched alkanes of at least 4 members (excludes halogenated alkanes) is 1. The van der Waals surface area contributed by atoms with Gasteiger partial charge in [-0.15, -0.1) is 0 Å². The number of nitrogens with one attached hydrogen (secondary N) is 1. The molecule has 0 saturated heterocycles. The Morgan fingerprint density at radius 3 is 2.20 bits per heavy atom. The third kappa shape index (κ3) is 5.69. The molecule has 1 aliphatic carbocycles. The zero-order valence-electron chi connectivity index (χ0n) is 11.9. The monoisotopic (exact) mass is 294 g/mol. The van der Waals surface area contributed by atoms with E-state index in [0.717, 1.165) is 38.5 Å². The van der Waals surface area contributed by atoms with Gasteiger partial charge in [0.1, 0.15) is 0 Å². The first-order valence-corrected chi connectivity index (χ1v) is 7.45. The van der Waals surface area contributed by atoms with E-state index in [9.17, 15) is 18.0 Å². The SMILES string of the molecule is NCC1(C(=O)NCCCCC(F)(F)F)CCCCCC1. The molecule has 0 radical (unpaired) electrons. The van der Waals surface area contributed by atoms with Gasteiger partial charge in [0.2, 0.25) is 5.91 Å². The summed E-state index contributed by atoms with van der Waals surface area (Å²) in [6, 6.07) is 0. The first-order chi connectivity index (χ1) is 9.40. The van der Waals surface area contributed by atoms with Crippen LogP contribution < -0.4 is 11.1 Å². The van der Waals surface area contributed by atoms with E-state index in [1.54, 1.807) is 0 Å². The second kappa shape index (κ2) is 7.86. The fourth-order valence-electron chi connectivity index (χ4n) is 2.77. The molecule has 1 rings (SSSR count). The highest BCUT2D eigenvalue weighted by atomic mass is 19.4. The second-order valence-corrected chi connectivity index (χ2v) is 5.73. The van der Waals surface area contributed by atoms with Crippen molar-refractivity contribution in [2.24, 2.45) is 11.1 Å². The molecule has 1 saturated carbocycles. The molecule has 3 N–H and O–H groups in total. The van der Waals surface area contributed by atoms with Crippen molar-refractivity contribution in [3.05, 3.63) is 0 Å². The molecule has 0 aliphatic heterocycles. The largest absolute Gasteiger partial charge is 0.389 e. The first kappa shape index (κ1) is 17.3. The molecule has 20 heavy (non-hydrogen) atoms. The molecule has 0 aromatic carbocycles. The quantitative estimate of drug-likeness (QED) is 0.584. The molecule has 0 unspecified atom stereocenters. The van der Waals surface area contributed by atoms with Crippen LogP contribution in [0.1, 0.15) is 57.8 Å². The highest BCUT2D eigenvalue weighted by molar-refractivity contribution is 5.82. The van der Waals surface area contributed by atoms with Crippen molar-refractivity contribution in [3.63, 3.8) is 0 Å². The van der Waals surface area contributed by atoms with Gasteiger partial charge in [0, 0.05) is 19.5 Å². The molecule has 3 nitrogen and oxygen atoms in total. The molecule has 118 valence electrons. The van der Waals surface area contributed by atoms with Crippen LogP contribution in [0.2, 0.25) is 0 Å². The van der Waals surface area contributed by atoms with Crippen LogP contribution in [0.4, 0.5) is 13.2 Å². The predicted molar refractivity (Wildman–Crippen MR) is 72.1 cm³/mol. The smallest absolute Gasteiger partial charge is 0.356 e. The van der Waals surface area contributed by atoms with Gasteiger partial charge in [-0.1, -0.05) is 25.7 Å². The van der Waals surface area contributed by atoms with Crippen LogP contribution in [0, 0.1) is 5.41 Å². The third-order valence-corrected chi connectivity index (χ3v) is 4.11. The molecule has 0 bridgehead atoms. The van der Waals surface area contributed by atoms with E-state index in [-0.39, 0.29) is 12.3 Å². The molecule has 0 spiro atoms. The summed E-state index contributed by atoms with van der Waals surface area (Å²) in [5.74, 6) is -0.0751. The maximum atomic E-state index is 12.3. The average molecular weight is 294 g/mol. The van der Waals surface area contributed by atoms with E-state index in [2.05, 4.69) is 5.32 Å². The zero-order chi connectivity index (χ0) is 15.1. The van der Waals surface area contributed by atoms with Crippen LogP contribution in [0.3, 0.4) is 0 Å². The van der Waals surface area contributed by atoms with Gasteiger partial charge in [0.15, 0.2) is 0 Å². The van der Waals surface area contributed by atoms with E-state index in [1.165, 1.54) is 0 Å². The summed E-state index contributed by atoms with van der Waals surface area (Å²) in [7, 11) is 0. The Morgan fingerprint density at radius 2 is 1.70 bits per heavy atom. The van der Waals surface area contributed by atoms with E-state index >= 15 is 0 Å². The minimum absolute atomic E-state index is 0.0550. The average Bonchev–Trinajstić information content (AvgIpc) is 2.63. The standard InChI is InChI=1S/C14H25F3N2O/c15-14(16,17)9-5-6-10-19-12(20)13(11-18)7-3-1-2-4-8-13/h1-11,18H2,(H,19,20). The summed E-state index contributed by atoms with van der Waals surface area (Å²) in [4.78, 5) is 12.3. The number of halogens is 3. The van der Waals surface area contributed by atoms with Crippen molar-refractivity contribution in [2.45, 2.75) is 64.0 Å². The minimum atomic E-state index is -4.11. The van der Waals surface area contributed by atoms with Crippen LogP contribution in [0.25, 0.3) is 0 Å². The summed E-state index contributed by atoms with van der Waals surface area (Å²) in [6.45, 7) is 0.623. The van der Waals surface area contributed by atoms with Crippen molar-refractivity contribution in [1.82, 2.24) is 5.32 Å². The third-order valence-electron chi connectivity index (χ3n) is 4.11. The van der Waals surface area contributed by atoms with Gasteiger partial charge in [0.25, 0.3) is 0 Å². The summed E-state index contributed by atoms with van der Waals surface area (Å²) in [6.07, 6.45) is 1.34. The normalized spacial score (nSPS) is 19.4. The number of carbonyl (C=O) groups excluding carboxylic acids is 1. The van der Waals surface area contributed by atoms with Crippen molar-refractivity contribution in [2.75, 3.05) is 13.1 Å². The molecule has 1 aliphatic rings. The minimum Gasteiger partial charge on any atom is -0.356 e. The van der Waals surface area contributed by atoms with Crippen LogP contribution >= 0.6 is 0 Å². The van der Waals surface area contributed by atoms with Crippen LogP contribution in [0.15, 0.2) is 0 Å². The molecular formula is C14H25F3N2O. The van der Waals surface area contributed by atoms with Gasteiger partial charge >= 0.3 is 6.18 Å². The Balaban J connectivity index is 2.32. The Bertz CT molecular complexity index is 297. The summed E-state index contributed by atoms with van der Waals surface area (Å²) in [5.41, 5.74) is 5.29. The summed E-state index contributed by atoms with van der Waals surface area (Å²) < 4.78 is 36.0. The van der Waals surface area contributed by atoms with Crippen LogP contribution in [0.5, 0.6) is 0 Å². The molecule has 0 heterocycles. The number of hydrogen-bond donors (Lipinski definition) is 2. The summed E-state index contributed by atoms with van der Waals surface area (Å²) in [5, 5.41) is 2.77. The molecular weight excluding hydrogens is 269 g/mol. The molecule has 1 amide bonds. The first-order valence-electron chi connectivity index (χ1n) is 7.45. The van der Waals surface area contributed by atoms with Crippen molar-refractivity contribution < 1.29 is 18.0 Å². The maximum Gasteiger partial charge on any atom is 0.389 e. The van der Waals surface area contributed by atoms with Gasteiger partial charge in [0.05, 0.1) is 5.41 Å². The van der Waals surface area contributed by atoms with Crippen LogP contribution in [-0.4, -0.2) is 25.2 Å². The second-order valence-electron chi connectivity index (χ2n) is 5.73. The van der Waals surface area contributed by atoms with Crippen molar-refractivity contribution in [1.29, 1.82) is 0 Å². The van der Waals surface area contributed by atoms with E-state index in [1.807, 2.05) is 0 Å². The highest BCUT2D eigenvalue weighted by Crippen LogP contribution is 2.34. The number of nitrogens with two attached hydrogens (primary N) is 1. The van der Waals surface area contributed by atoms with E-state index in [4.69, 9.17) is 5.73 Å². The molecule has 1 fully saturated rings. The summed E-state index contributed by atoms with van der Waals surface area (Å²) >= 11 is 0. The molecule has 6 heteroatoms. The highest BCUT2D eigenvalue weighted by Gasteiger charge is 2.36. The number of rotatable bonds is 6. The van der Waals surface area contributed by atoms with Gasteiger partial charge in [-0.25, -0.2) is 0 Å². The lowest BCUT2D eigenvalue weighted by Crippen LogP contribution is -2.46. The van der Waals surface area contributed by atoms with Crippen LogP contribution in [-0.2, 0) is 4.79 Å². The fraction of sp³-hybridized carbons (Fsp3) is 0.929. The van der Waals surface area contributed by atoms with Gasteiger partial charge in [-0.3, -0.25) is 4.79 Å². The maximum absolute atomic E-state index is 12.3. The van der Waals surface area contributed by atoms with Gasteiger partial charge < -0.3 is 11.1 Å². The van der Waals surface area contributed by atoms with E-state index < -0.39 is 18.0 Å². The lowest BCUT2D eigenvalue weighted by atomic mass is 9.79. The fourth-order valence-corrected chi connectivity index (χ4v) is 2.77. The van der Waals surface area contributed by atoms with Gasteiger partial charge in [-0.05, 0) is 25.7 Å². The molecule has 0 aromatic heterocycles. The Hall–Kier alpha value is -0.780. The van der Waals surface area contributed by atoms with Gasteiger partial charge in [-0.2, -0.15) is 13.2 Å². The molecule has 0 aromatic rings. The number of hydrogen-bond acceptors (Lipinski definition) is 2. The predicted octanol–water partition coefficient (Wildman–Crippen LogP) is 3.13. The number of amides is 1.